The minimum absolute atomic E-state index is 0.114. The topological polar surface area (TPSA) is 101 Å². The van der Waals surface area contributed by atoms with Crippen LogP contribution in [0.4, 0.5) is 5.69 Å². The van der Waals surface area contributed by atoms with Crippen LogP contribution in [-0.4, -0.2) is 16.7 Å². The number of non-ortho nitro benzene ring substituents is 1. The minimum atomic E-state index is -0.567. The zero-order valence-corrected chi connectivity index (χ0v) is 12.9. The van der Waals surface area contributed by atoms with Crippen LogP contribution in [0.5, 0.6) is 0 Å². The average molecular weight is 325 g/mol. The molecule has 0 saturated carbocycles. The Hall–Kier alpha value is -3.48. The summed E-state index contributed by atoms with van der Waals surface area (Å²) in [5, 5.41) is 10.5. The van der Waals surface area contributed by atoms with Crippen LogP contribution in [0.15, 0.2) is 54.6 Å². The quantitative estimate of drug-likeness (QED) is 0.512. The van der Waals surface area contributed by atoms with Crippen molar-refractivity contribution in [3.8, 4) is 0 Å². The highest BCUT2D eigenvalue weighted by Crippen LogP contribution is 2.11. The lowest BCUT2D eigenvalue weighted by molar-refractivity contribution is -0.384. The van der Waals surface area contributed by atoms with Crippen molar-refractivity contribution in [1.29, 1.82) is 0 Å². The average Bonchev–Trinajstić information content (AvgIpc) is 2.58. The van der Waals surface area contributed by atoms with E-state index < -0.39 is 16.7 Å². The van der Waals surface area contributed by atoms with Crippen LogP contribution in [0, 0.1) is 17.0 Å². The van der Waals surface area contributed by atoms with E-state index in [0.717, 1.165) is 11.1 Å². The Morgan fingerprint density at radius 3 is 2.42 bits per heavy atom. The first-order chi connectivity index (χ1) is 11.5. The van der Waals surface area contributed by atoms with Gasteiger partial charge in [0.15, 0.2) is 0 Å². The van der Waals surface area contributed by atoms with E-state index in [-0.39, 0.29) is 11.3 Å². The molecule has 7 heteroatoms. The van der Waals surface area contributed by atoms with E-state index in [1.807, 2.05) is 31.2 Å². The number of aryl methyl sites for hydroxylation is 1. The molecule has 0 aliphatic carbocycles. The molecule has 7 nitrogen and oxygen atoms in total. The molecule has 0 spiro atoms. The molecule has 0 aliphatic rings. The molecule has 0 unspecified atom stereocenters. The number of nitro groups is 1. The predicted molar refractivity (Wildman–Crippen MR) is 88.9 cm³/mol. The van der Waals surface area contributed by atoms with Crippen molar-refractivity contribution in [1.82, 2.24) is 10.9 Å². The van der Waals surface area contributed by atoms with E-state index >= 15 is 0 Å². The second-order valence-corrected chi connectivity index (χ2v) is 4.99. The zero-order chi connectivity index (χ0) is 17.5. The monoisotopic (exact) mass is 325 g/mol. The molecule has 0 radical (unpaired) electrons. The van der Waals surface area contributed by atoms with Gasteiger partial charge < -0.3 is 0 Å². The number of benzene rings is 2. The van der Waals surface area contributed by atoms with Crippen molar-refractivity contribution < 1.29 is 14.5 Å². The molecule has 0 aromatic heterocycles. The van der Waals surface area contributed by atoms with Crippen LogP contribution >= 0.6 is 0 Å². The Kier molecular flexibility index (Phi) is 5.40. The number of hydrogen-bond donors (Lipinski definition) is 2. The minimum Gasteiger partial charge on any atom is -0.268 e. The van der Waals surface area contributed by atoms with Gasteiger partial charge in [0.1, 0.15) is 0 Å². The van der Waals surface area contributed by atoms with Crippen molar-refractivity contribution in [2.45, 2.75) is 6.92 Å². The van der Waals surface area contributed by atoms with Crippen LogP contribution in [0.25, 0.3) is 6.08 Å². The normalized spacial score (nSPS) is 10.4. The molecule has 2 amide bonds. The van der Waals surface area contributed by atoms with E-state index in [1.54, 1.807) is 6.08 Å². The molecule has 2 rings (SSSR count). The molecule has 0 bridgehead atoms. The lowest BCUT2D eigenvalue weighted by Crippen LogP contribution is -2.40. The van der Waals surface area contributed by atoms with E-state index in [0.29, 0.717) is 0 Å². The number of hydrazine groups is 1. The van der Waals surface area contributed by atoms with Gasteiger partial charge >= 0.3 is 0 Å². The number of hydrogen-bond acceptors (Lipinski definition) is 4. The molecule has 0 fully saturated rings. The first-order valence-corrected chi connectivity index (χ1v) is 7.05. The molecule has 0 atom stereocenters. The van der Waals surface area contributed by atoms with Crippen molar-refractivity contribution in [3.63, 3.8) is 0 Å². The zero-order valence-electron chi connectivity index (χ0n) is 12.9. The Balaban J connectivity index is 1.89. The summed E-state index contributed by atoms with van der Waals surface area (Å²) < 4.78 is 0. The molecular formula is C17H15N3O4. The summed E-state index contributed by atoms with van der Waals surface area (Å²) in [5.74, 6) is -1.06. The van der Waals surface area contributed by atoms with Crippen LogP contribution in [0.3, 0.4) is 0 Å². The molecule has 2 aromatic carbocycles. The number of amides is 2. The van der Waals surface area contributed by atoms with Gasteiger partial charge in [-0.25, -0.2) is 0 Å². The number of nitrogens with zero attached hydrogens (tertiary/aromatic N) is 1. The number of carbonyl (C=O) groups is 2. The van der Waals surface area contributed by atoms with E-state index in [2.05, 4.69) is 10.9 Å². The van der Waals surface area contributed by atoms with E-state index in [4.69, 9.17) is 0 Å². The Morgan fingerprint density at radius 2 is 1.79 bits per heavy atom. The molecule has 0 heterocycles. The van der Waals surface area contributed by atoms with Gasteiger partial charge in [0, 0.05) is 23.8 Å². The van der Waals surface area contributed by atoms with Crippen molar-refractivity contribution in [2.24, 2.45) is 0 Å². The van der Waals surface area contributed by atoms with Crippen LogP contribution in [0.1, 0.15) is 21.5 Å². The molecule has 2 aromatic rings. The number of rotatable bonds is 4. The summed E-state index contributed by atoms with van der Waals surface area (Å²) in [4.78, 5) is 33.5. The first-order valence-electron chi connectivity index (χ1n) is 7.05. The number of nitrogens with one attached hydrogen (secondary N) is 2. The van der Waals surface area contributed by atoms with E-state index in [1.165, 1.54) is 30.3 Å². The maximum Gasteiger partial charge on any atom is 0.269 e. The summed E-state index contributed by atoms with van der Waals surface area (Å²) in [6.07, 6.45) is 2.92. The van der Waals surface area contributed by atoms with Gasteiger partial charge in [0.2, 0.25) is 0 Å². The van der Waals surface area contributed by atoms with Gasteiger partial charge in [-0.15, -0.1) is 0 Å². The molecular weight excluding hydrogens is 310 g/mol. The fourth-order valence-corrected chi connectivity index (χ4v) is 1.91. The molecule has 24 heavy (non-hydrogen) atoms. The summed E-state index contributed by atoms with van der Waals surface area (Å²) in [6, 6.07) is 12.6. The Bertz CT molecular complexity index is 798. The lowest BCUT2D eigenvalue weighted by atomic mass is 10.1. The van der Waals surface area contributed by atoms with Gasteiger partial charge in [-0.3, -0.25) is 30.6 Å². The first kappa shape index (κ1) is 16.9. The molecule has 122 valence electrons. The standard InChI is InChI=1S/C17H15N3O4/c1-12-3-2-4-13(11-12)5-10-16(21)18-19-17(22)14-6-8-15(9-7-14)20(23)24/h2-11H,1H3,(H,18,21)(H,19,22)/b10-5+. The summed E-state index contributed by atoms with van der Waals surface area (Å²) in [7, 11) is 0. The second kappa shape index (κ2) is 7.68. The highest BCUT2D eigenvalue weighted by molar-refractivity contribution is 5.98. The van der Waals surface area contributed by atoms with Gasteiger partial charge in [-0.1, -0.05) is 29.8 Å². The SMILES string of the molecule is Cc1cccc(/C=C/C(=O)NNC(=O)c2ccc([N+](=O)[O-])cc2)c1. The highest BCUT2D eigenvalue weighted by atomic mass is 16.6. The number of nitro benzene ring substituents is 1. The Labute approximate surface area is 138 Å². The van der Waals surface area contributed by atoms with Crippen LogP contribution in [0.2, 0.25) is 0 Å². The smallest absolute Gasteiger partial charge is 0.268 e. The molecule has 0 aliphatic heterocycles. The van der Waals surface area contributed by atoms with Crippen molar-refractivity contribution in [3.05, 3.63) is 81.4 Å². The summed E-state index contributed by atoms with van der Waals surface area (Å²) in [5.41, 5.74) is 6.50. The lowest BCUT2D eigenvalue weighted by Gasteiger charge is -2.05. The van der Waals surface area contributed by atoms with Crippen molar-refractivity contribution in [2.75, 3.05) is 0 Å². The van der Waals surface area contributed by atoms with Gasteiger partial charge in [-0.05, 0) is 30.7 Å². The fraction of sp³-hybridized carbons (Fsp3) is 0.0588. The third-order valence-corrected chi connectivity index (χ3v) is 3.11. The largest absolute Gasteiger partial charge is 0.269 e. The molecule has 2 N–H and O–H groups in total. The molecule has 0 saturated heterocycles. The third kappa shape index (κ3) is 4.77. The summed E-state index contributed by atoms with van der Waals surface area (Å²) in [6.45, 7) is 1.95. The maximum absolute atomic E-state index is 11.8. The summed E-state index contributed by atoms with van der Waals surface area (Å²) >= 11 is 0. The highest BCUT2D eigenvalue weighted by Gasteiger charge is 2.09. The Morgan fingerprint density at radius 1 is 1.08 bits per heavy atom. The van der Waals surface area contributed by atoms with Crippen LogP contribution in [-0.2, 0) is 4.79 Å². The third-order valence-electron chi connectivity index (χ3n) is 3.11. The maximum atomic E-state index is 11.8. The van der Waals surface area contributed by atoms with Gasteiger partial charge in [0.05, 0.1) is 4.92 Å². The van der Waals surface area contributed by atoms with Gasteiger partial charge in [0.25, 0.3) is 17.5 Å². The second-order valence-electron chi connectivity index (χ2n) is 4.99. The number of carbonyl (C=O) groups excluding carboxylic acids is 2. The predicted octanol–water partition coefficient (Wildman–Crippen LogP) is 2.38. The van der Waals surface area contributed by atoms with Gasteiger partial charge in [-0.2, -0.15) is 0 Å². The van der Waals surface area contributed by atoms with Crippen molar-refractivity contribution >= 4 is 23.6 Å². The fourth-order valence-electron chi connectivity index (χ4n) is 1.91. The van der Waals surface area contributed by atoms with Crippen LogP contribution < -0.4 is 10.9 Å². The van der Waals surface area contributed by atoms with E-state index in [9.17, 15) is 19.7 Å².